The van der Waals surface area contributed by atoms with Gasteiger partial charge in [0.25, 0.3) is 0 Å². The van der Waals surface area contributed by atoms with Crippen LogP contribution in [0.3, 0.4) is 0 Å². The van der Waals surface area contributed by atoms with E-state index in [0.29, 0.717) is 17.2 Å². The molecule has 0 atom stereocenters. The van der Waals surface area contributed by atoms with Gasteiger partial charge in [-0.15, -0.1) is 0 Å². The molecule has 3 nitrogen and oxygen atoms in total. The van der Waals surface area contributed by atoms with E-state index >= 15 is 0 Å². The normalized spacial score (nSPS) is 14.6. The number of hydrogen-bond donors (Lipinski definition) is 0. The van der Waals surface area contributed by atoms with Gasteiger partial charge in [0.15, 0.2) is 5.78 Å². The van der Waals surface area contributed by atoms with Crippen molar-refractivity contribution >= 4 is 5.78 Å². The summed E-state index contributed by atoms with van der Waals surface area (Å²) in [6.07, 6.45) is 5.52. The predicted octanol–water partition coefficient (Wildman–Crippen LogP) is 3.05. The number of carbonyl (C=O) groups excluding carboxylic acids is 1. The summed E-state index contributed by atoms with van der Waals surface area (Å²) in [4.78, 5) is 12.0. The van der Waals surface area contributed by atoms with Gasteiger partial charge in [0.2, 0.25) is 0 Å². The molecular weight excluding hydrogens is 216 g/mol. The highest BCUT2D eigenvalue weighted by Gasteiger charge is 2.23. The van der Waals surface area contributed by atoms with Gasteiger partial charge in [0.05, 0.1) is 17.9 Å². The SMILES string of the molecule is O=C(c1ccoc1)c1cccc(OC2CC2)c1. The predicted molar refractivity (Wildman–Crippen MR) is 62.2 cm³/mol. The van der Waals surface area contributed by atoms with Gasteiger partial charge >= 0.3 is 0 Å². The smallest absolute Gasteiger partial charge is 0.196 e. The second kappa shape index (κ2) is 4.09. The maximum absolute atomic E-state index is 12.0. The van der Waals surface area contributed by atoms with Crippen molar-refractivity contribution in [3.63, 3.8) is 0 Å². The molecule has 0 saturated heterocycles. The summed E-state index contributed by atoms with van der Waals surface area (Å²) in [5.41, 5.74) is 1.19. The Morgan fingerprint density at radius 3 is 2.82 bits per heavy atom. The van der Waals surface area contributed by atoms with Crippen LogP contribution in [0.15, 0.2) is 47.3 Å². The zero-order valence-electron chi connectivity index (χ0n) is 9.26. The van der Waals surface area contributed by atoms with Crippen LogP contribution in [0.2, 0.25) is 0 Å². The first kappa shape index (κ1) is 10.1. The summed E-state index contributed by atoms with van der Waals surface area (Å²) in [6.45, 7) is 0. The van der Waals surface area contributed by atoms with Gasteiger partial charge in [-0.1, -0.05) is 12.1 Å². The summed E-state index contributed by atoms with van der Waals surface area (Å²) >= 11 is 0. The average Bonchev–Trinajstić information content (AvgIpc) is 2.99. The fourth-order valence-corrected chi connectivity index (χ4v) is 1.65. The second-order valence-electron chi connectivity index (χ2n) is 4.19. The lowest BCUT2D eigenvalue weighted by Crippen LogP contribution is -2.01. The van der Waals surface area contributed by atoms with Gasteiger partial charge in [-0.2, -0.15) is 0 Å². The first-order valence-corrected chi connectivity index (χ1v) is 5.66. The largest absolute Gasteiger partial charge is 0.490 e. The maximum atomic E-state index is 12.0. The summed E-state index contributed by atoms with van der Waals surface area (Å²) < 4.78 is 10.6. The molecule has 17 heavy (non-hydrogen) atoms. The highest BCUT2D eigenvalue weighted by Crippen LogP contribution is 2.27. The second-order valence-corrected chi connectivity index (χ2v) is 4.19. The molecule has 0 unspecified atom stereocenters. The number of rotatable bonds is 4. The number of ether oxygens (including phenoxy) is 1. The Morgan fingerprint density at radius 2 is 2.12 bits per heavy atom. The van der Waals surface area contributed by atoms with Gasteiger partial charge in [0.1, 0.15) is 12.0 Å². The van der Waals surface area contributed by atoms with E-state index in [9.17, 15) is 4.79 Å². The Morgan fingerprint density at radius 1 is 1.24 bits per heavy atom. The van der Waals surface area contributed by atoms with Gasteiger partial charge in [-0.05, 0) is 31.0 Å². The minimum absolute atomic E-state index is 0.0417. The third-order valence-corrected chi connectivity index (χ3v) is 2.71. The molecule has 1 aliphatic carbocycles. The van der Waals surface area contributed by atoms with E-state index in [1.165, 1.54) is 12.5 Å². The molecule has 0 bridgehead atoms. The monoisotopic (exact) mass is 228 g/mol. The third-order valence-electron chi connectivity index (χ3n) is 2.71. The van der Waals surface area contributed by atoms with Gasteiger partial charge < -0.3 is 9.15 Å². The highest BCUT2D eigenvalue weighted by atomic mass is 16.5. The molecular formula is C14H12O3. The molecule has 2 aromatic rings. The van der Waals surface area contributed by atoms with Gasteiger partial charge in [-0.3, -0.25) is 4.79 Å². The van der Waals surface area contributed by atoms with Crippen LogP contribution in [0, 0.1) is 0 Å². The molecule has 1 aromatic heterocycles. The lowest BCUT2D eigenvalue weighted by atomic mass is 10.1. The number of ketones is 1. The Labute approximate surface area is 99.0 Å². The number of carbonyl (C=O) groups is 1. The Bertz CT molecular complexity index is 524. The molecule has 0 radical (unpaired) electrons. The molecule has 3 rings (SSSR count). The molecule has 1 aliphatic rings. The number of benzene rings is 1. The fraction of sp³-hybridized carbons (Fsp3) is 0.214. The van der Waals surface area contributed by atoms with Crippen molar-refractivity contribution in [2.24, 2.45) is 0 Å². The van der Waals surface area contributed by atoms with Crippen LogP contribution in [-0.2, 0) is 0 Å². The zero-order chi connectivity index (χ0) is 11.7. The topological polar surface area (TPSA) is 39.4 Å². The van der Waals surface area contributed by atoms with E-state index in [1.54, 1.807) is 18.2 Å². The van der Waals surface area contributed by atoms with E-state index in [2.05, 4.69) is 0 Å². The molecule has 1 fully saturated rings. The molecule has 3 heteroatoms. The van der Waals surface area contributed by atoms with E-state index < -0.39 is 0 Å². The lowest BCUT2D eigenvalue weighted by Gasteiger charge is -2.05. The summed E-state index contributed by atoms with van der Waals surface area (Å²) in [5.74, 6) is 0.724. The standard InChI is InChI=1S/C14H12O3/c15-14(11-6-7-16-9-11)10-2-1-3-13(8-10)17-12-4-5-12/h1-3,6-9,12H,4-5H2. The Hall–Kier alpha value is -2.03. The summed E-state index contributed by atoms with van der Waals surface area (Å²) in [6, 6.07) is 8.95. The van der Waals surface area contributed by atoms with Crippen molar-refractivity contribution in [1.29, 1.82) is 0 Å². The summed E-state index contributed by atoms with van der Waals surface area (Å²) in [5, 5.41) is 0. The molecule has 1 heterocycles. The van der Waals surface area contributed by atoms with E-state index in [4.69, 9.17) is 9.15 Å². The third kappa shape index (κ3) is 2.23. The van der Waals surface area contributed by atoms with Crippen molar-refractivity contribution in [2.75, 3.05) is 0 Å². The van der Waals surface area contributed by atoms with Crippen LogP contribution in [0.25, 0.3) is 0 Å². The Kier molecular flexibility index (Phi) is 2.44. The van der Waals surface area contributed by atoms with E-state index in [0.717, 1.165) is 18.6 Å². The molecule has 0 spiro atoms. The number of hydrogen-bond acceptors (Lipinski definition) is 3. The lowest BCUT2D eigenvalue weighted by molar-refractivity contribution is 0.103. The van der Waals surface area contributed by atoms with E-state index in [1.807, 2.05) is 12.1 Å². The molecule has 0 aliphatic heterocycles. The first-order chi connectivity index (χ1) is 8.33. The van der Waals surface area contributed by atoms with Gasteiger partial charge in [0, 0.05) is 5.56 Å². The molecule has 0 amide bonds. The molecule has 1 saturated carbocycles. The molecule has 0 N–H and O–H groups in total. The van der Waals surface area contributed by atoms with Crippen LogP contribution >= 0.6 is 0 Å². The average molecular weight is 228 g/mol. The van der Waals surface area contributed by atoms with Crippen molar-refractivity contribution in [3.05, 3.63) is 54.0 Å². The van der Waals surface area contributed by atoms with Crippen molar-refractivity contribution in [3.8, 4) is 5.75 Å². The summed E-state index contributed by atoms with van der Waals surface area (Å²) in [7, 11) is 0. The maximum Gasteiger partial charge on any atom is 0.196 e. The highest BCUT2D eigenvalue weighted by molar-refractivity contribution is 6.08. The van der Waals surface area contributed by atoms with E-state index in [-0.39, 0.29) is 5.78 Å². The molecule has 1 aromatic carbocycles. The van der Waals surface area contributed by atoms with Crippen molar-refractivity contribution in [1.82, 2.24) is 0 Å². The van der Waals surface area contributed by atoms with Crippen LogP contribution in [-0.4, -0.2) is 11.9 Å². The zero-order valence-corrected chi connectivity index (χ0v) is 9.26. The quantitative estimate of drug-likeness (QED) is 0.755. The van der Waals surface area contributed by atoms with Crippen molar-refractivity contribution < 1.29 is 13.9 Å². The van der Waals surface area contributed by atoms with Crippen LogP contribution in [0.5, 0.6) is 5.75 Å². The Balaban J connectivity index is 1.84. The fourth-order valence-electron chi connectivity index (χ4n) is 1.65. The minimum atomic E-state index is -0.0417. The van der Waals surface area contributed by atoms with Gasteiger partial charge in [-0.25, -0.2) is 0 Å². The molecule has 86 valence electrons. The number of furan rings is 1. The minimum Gasteiger partial charge on any atom is -0.490 e. The van der Waals surface area contributed by atoms with Crippen LogP contribution in [0.4, 0.5) is 0 Å². The van der Waals surface area contributed by atoms with Crippen molar-refractivity contribution in [2.45, 2.75) is 18.9 Å². The van der Waals surface area contributed by atoms with Crippen LogP contribution < -0.4 is 4.74 Å². The first-order valence-electron chi connectivity index (χ1n) is 5.66. The van der Waals surface area contributed by atoms with Crippen LogP contribution in [0.1, 0.15) is 28.8 Å².